The summed E-state index contributed by atoms with van der Waals surface area (Å²) in [5.41, 5.74) is 7.46. The van der Waals surface area contributed by atoms with Crippen molar-refractivity contribution < 1.29 is 14.0 Å². The van der Waals surface area contributed by atoms with E-state index in [2.05, 4.69) is 11.4 Å². The van der Waals surface area contributed by atoms with Crippen molar-refractivity contribution in [2.45, 2.75) is 33.7 Å². The minimum Gasteiger partial charge on any atom is -0.369 e. The third kappa shape index (κ3) is 4.56. The monoisotopic (exact) mass is 385 g/mol. The molecular weight excluding hydrogens is 361 g/mol. The number of hydrogen-bond donors (Lipinski definition) is 2. The van der Waals surface area contributed by atoms with Crippen LogP contribution in [0.3, 0.4) is 0 Å². The maximum atomic E-state index is 13.7. The number of halogens is 1. The Bertz CT molecular complexity index is 943. The van der Waals surface area contributed by atoms with Gasteiger partial charge in [0.25, 0.3) is 0 Å². The zero-order valence-electron chi connectivity index (χ0n) is 16.4. The van der Waals surface area contributed by atoms with Gasteiger partial charge in [-0.3, -0.25) is 19.1 Å². The lowest BCUT2D eigenvalue weighted by atomic mass is 10.2. The number of aromatic nitrogens is 1. The topological polar surface area (TPSA) is 104 Å². The molecular formula is C20H24FN5O2. The third-order valence-electron chi connectivity index (χ3n) is 4.59. The van der Waals surface area contributed by atoms with Crippen molar-refractivity contribution in [2.24, 2.45) is 5.73 Å². The molecule has 0 fully saturated rings. The molecule has 0 saturated carbocycles. The van der Waals surface area contributed by atoms with Gasteiger partial charge in [-0.15, -0.1) is 0 Å². The fourth-order valence-electron chi connectivity index (χ4n) is 2.98. The van der Waals surface area contributed by atoms with Crippen molar-refractivity contribution in [3.8, 4) is 11.8 Å². The molecule has 0 atom stereocenters. The highest BCUT2D eigenvalue weighted by atomic mass is 19.1. The van der Waals surface area contributed by atoms with Crippen molar-refractivity contribution >= 4 is 17.6 Å². The summed E-state index contributed by atoms with van der Waals surface area (Å²) >= 11 is 0. The SMILES string of the molecule is Cc1c(C#N)c(NC(=O)CN(CC(N)=O)C(C)C)n(-c2cccc(F)c2)c1C. The van der Waals surface area contributed by atoms with Crippen molar-refractivity contribution in [3.63, 3.8) is 0 Å². The standard InChI is InChI=1S/C20H24FN5O2/c1-12(2)25(10-18(23)27)11-19(28)24-20-17(9-22)13(3)14(4)26(20)16-7-5-6-15(21)8-16/h5-8,12H,10-11H2,1-4H3,(H2,23,27)(H,24,28). The van der Waals surface area contributed by atoms with Crippen LogP contribution in [0.1, 0.15) is 30.7 Å². The lowest BCUT2D eigenvalue weighted by Gasteiger charge is -2.24. The lowest BCUT2D eigenvalue weighted by molar-refractivity contribution is -0.121. The molecule has 7 nitrogen and oxygen atoms in total. The van der Waals surface area contributed by atoms with Crippen molar-refractivity contribution in [2.75, 3.05) is 18.4 Å². The third-order valence-corrected chi connectivity index (χ3v) is 4.59. The van der Waals surface area contributed by atoms with E-state index in [1.54, 1.807) is 35.4 Å². The van der Waals surface area contributed by atoms with E-state index in [0.29, 0.717) is 16.8 Å². The van der Waals surface area contributed by atoms with E-state index in [-0.39, 0.29) is 24.9 Å². The van der Waals surface area contributed by atoms with Crippen molar-refractivity contribution in [1.29, 1.82) is 5.26 Å². The van der Waals surface area contributed by atoms with Crippen LogP contribution in [0.5, 0.6) is 0 Å². The van der Waals surface area contributed by atoms with Gasteiger partial charge in [-0.1, -0.05) is 6.07 Å². The molecule has 2 amide bonds. The van der Waals surface area contributed by atoms with Crippen LogP contribution >= 0.6 is 0 Å². The van der Waals surface area contributed by atoms with E-state index in [1.165, 1.54) is 12.1 Å². The smallest absolute Gasteiger partial charge is 0.239 e. The van der Waals surface area contributed by atoms with Gasteiger partial charge in [-0.2, -0.15) is 5.26 Å². The molecule has 148 valence electrons. The first-order valence-corrected chi connectivity index (χ1v) is 8.85. The summed E-state index contributed by atoms with van der Waals surface area (Å²) in [6.45, 7) is 7.13. The Morgan fingerprint density at radius 1 is 1.32 bits per heavy atom. The van der Waals surface area contributed by atoms with Crippen LogP contribution in [0.15, 0.2) is 24.3 Å². The number of carbonyl (C=O) groups excluding carboxylic acids is 2. The lowest BCUT2D eigenvalue weighted by Crippen LogP contribution is -2.43. The summed E-state index contributed by atoms with van der Waals surface area (Å²) in [6, 6.07) is 7.94. The number of amides is 2. The Labute approximate surface area is 163 Å². The molecule has 0 unspecified atom stereocenters. The zero-order chi connectivity index (χ0) is 21.0. The van der Waals surface area contributed by atoms with E-state index >= 15 is 0 Å². The van der Waals surface area contributed by atoms with Gasteiger partial charge in [0.1, 0.15) is 17.7 Å². The minimum absolute atomic E-state index is 0.0564. The van der Waals surface area contributed by atoms with Gasteiger partial charge < -0.3 is 11.1 Å². The first-order valence-electron chi connectivity index (χ1n) is 8.85. The number of nitrogens with zero attached hydrogens (tertiary/aromatic N) is 3. The Balaban J connectivity index is 2.42. The van der Waals surface area contributed by atoms with Gasteiger partial charge >= 0.3 is 0 Å². The van der Waals surface area contributed by atoms with Crippen LogP contribution in [-0.4, -0.2) is 40.4 Å². The maximum Gasteiger partial charge on any atom is 0.239 e. The molecule has 28 heavy (non-hydrogen) atoms. The molecule has 0 bridgehead atoms. The van der Waals surface area contributed by atoms with E-state index in [4.69, 9.17) is 5.73 Å². The molecule has 1 aromatic carbocycles. The second kappa shape index (κ2) is 8.67. The average molecular weight is 385 g/mol. The van der Waals surface area contributed by atoms with E-state index in [9.17, 15) is 19.2 Å². The summed E-state index contributed by atoms with van der Waals surface area (Å²) in [7, 11) is 0. The highest BCUT2D eigenvalue weighted by Gasteiger charge is 2.23. The fraction of sp³-hybridized carbons (Fsp3) is 0.350. The van der Waals surface area contributed by atoms with Gasteiger partial charge in [0.05, 0.1) is 24.3 Å². The summed E-state index contributed by atoms with van der Waals surface area (Å²) in [5, 5.41) is 12.3. The summed E-state index contributed by atoms with van der Waals surface area (Å²) in [6.07, 6.45) is 0. The van der Waals surface area contributed by atoms with Gasteiger partial charge in [0.2, 0.25) is 11.8 Å². The summed E-state index contributed by atoms with van der Waals surface area (Å²) in [5.74, 6) is -1.09. The molecule has 1 heterocycles. The molecule has 0 spiro atoms. The molecule has 1 aromatic heterocycles. The predicted molar refractivity (Wildman–Crippen MR) is 104 cm³/mol. The predicted octanol–water partition coefficient (Wildman–Crippen LogP) is 2.24. The molecule has 0 saturated heterocycles. The Kier molecular flexibility index (Phi) is 6.54. The molecule has 2 rings (SSSR count). The number of primary amides is 1. The number of nitrogens with two attached hydrogens (primary N) is 1. The first kappa shape index (κ1) is 21.1. The number of hydrogen-bond acceptors (Lipinski definition) is 4. The zero-order valence-corrected chi connectivity index (χ0v) is 16.4. The molecule has 2 aromatic rings. The van der Waals surface area contributed by atoms with E-state index in [0.717, 1.165) is 5.69 Å². The quantitative estimate of drug-likeness (QED) is 0.763. The van der Waals surface area contributed by atoms with Gasteiger partial charge in [-0.05, 0) is 51.5 Å². The Morgan fingerprint density at radius 2 is 2.00 bits per heavy atom. The largest absolute Gasteiger partial charge is 0.369 e. The Morgan fingerprint density at radius 3 is 2.54 bits per heavy atom. The number of nitriles is 1. The van der Waals surface area contributed by atoms with Crippen molar-refractivity contribution in [1.82, 2.24) is 9.47 Å². The fourth-order valence-corrected chi connectivity index (χ4v) is 2.98. The van der Waals surface area contributed by atoms with Gasteiger partial charge in [0.15, 0.2) is 0 Å². The minimum atomic E-state index is -0.533. The first-order chi connectivity index (χ1) is 13.1. The summed E-state index contributed by atoms with van der Waals surface area (Å²) < 4.78 is 15.4. The number of carbonyl (C=O) groups is 2. The normalized spacial score (nSPS) is 10.9. The summed E-state index contributed by atoms with van der Waals surface area (Å²) in [4.78, 5) is 25.5. The van der Waals surface area contributed by atoms with Crippen LogP contribution in [0.25, 0.3) is 5.69 Å². The molecule has 0 aliphatic rings. The number of benzene rings is 1. The van der Waals surface area contributed by atoms with Crippen LogP contribution in [0, 0.1) is 31.0 Å². The van der Waals surface area contributed by atoms with Crippen molar-refractivity contribution in [3.05, 3.63) is 46.9 Å². The van der Waals surface area contributed by atoms with Crippen LogP contribution in [-0.2, 0) is 9.59 Å². The average Bonchev–Trinajstić information content (AvgIpc) is 2.83. The highest BCUT2D eigenvalue weighted by Crippen LogP contribution is 2.30. The number of rotatable bonds is 7. The molecule has 8 heteroatoms. The number of anilines is 1. The van der Waals surface area contributed by atoms with Gasteiger partial charge in [-0.25, -0.2) is 4.39 Å². The number of nitrogens with one attached hydrogen (secondary N) is 1. The van der Waals surface area contributed by atoms with Gasteiger partial charge in [0, 0.05) is 11.7 Å². The highest BCUT2D eigenvalue weighted by molar-refractivity contribution is 5.94. The van der Waals surface area contributed by atoms with E-state index < -0.39 is 17.6 Å². The Hall–Kier alpha value is -3.18. The molecule has 0 aliphatic carbocycles. The van der Waals surface area contributed by atoms with Crippen LogP contribution < -0.4 is 11.1 Å². The van der Waals surface area contributed by atoms with Crippen LogP contribution in [0.4, 0.5) is 10.2 Å². The molecule has 0 aliphatic heterocycles. The second-order valence-corrected chi connectivity index (χ2v) is 6.87. The van der Waals surface area contributed by atoms with E-state index in [1.807, 2.05) is 13.8 Å². The molecule has 3 N–H and O–H groups in total. The second-order valence-electron chi connectivity index (χ2n) is 6.87. The maximum absolute atomic E-state index is 13.7. The van der Waals surface area contributed by atoms with Crippen LogP contribution in [0.2, 0.25) is 0 Å². The molecule has 0 radical (unpaired) electrons.